The topological polar surface area (TPSA) is 66.5 Å². The Morgan fingerprint density at radius 3 is 1.72 bits per heavy atom. The summed E-state index contributed by atoms with van der Waals surface area (Å²) in [5, 5.41) is 2.73. The van der Waals surface area contributed by atoms with Crippen LogP contribution >= 0.6 is 0 Å². The zero-order valence-corrected chi connectivity index (χ0v) is 12.0. The highest BCUT2D eigenvalue weighted by molar-refractivity contribution is 5.91. The van der Waals surface area contributed by atoms with E-state index in [9.17, 15) is 14.4 Å². The second-order valence-corrected chi connectivity index (χ2v) is 4.33. The molecule has 0 aliphatic carbocycles. The molecule has 0 aromatic heterocycles. The van der Waals surface area contributed by atoms with E-state index in [-0.39, 0.29) is 17.6 Å². The van der Waals surface area contributed by atoms with Crippen molar-refractivity contribution in [3.63, 3.8) is 0 Å². The lowest BCUT2D eigenvalue weighted by molar-refractivity contribution is -0.136. The fourth-order valence-corrected chi connectivity index (χ4v) is 2.11. The Morgan fingerprint density at radius 1 is 1.00 bits per heavy atom. The normalized spacial score (nSPS) is 17.3. The Balaban J connectivity index is 0.00000137. The van der Waals surface area contributed by atoms with Gasteiger partial charge in [-0.2, -0.15) is 0 Å². The van der Waals surface area contributed by atoms with Crippen LogP contribution in [0.4, 0.5) is 0 Å². The van der Waals surface area contributed by atoms with E-state index in [1.807, 2.05) is 13.8 Å². The first-order valence-electron chi connectivity index (χ1n) is 6.43. The summed E-state index contributed by atoms with van der Waals surface area (Å²) in [7, 11) is 0. The summed E-state index contributed by atoms with van der Waals surface area (Å²) in [5.41, 5.74) is -0.766. The van der Waals surface area contributed by atoms with Crippen LogP contribution in [0, 0.1) is 0 Å². The molecule has 1 aliphatic rings. The molecule has 5 nitrogen and oxygen atoms in total. The number of likely N-dealkylation sites (tertiary alicyclic amines) is 1. The second kappa shape index (κ2) is 7.13. The quantitative estimate of drug-likeness (QED) is 0.805. The molecule has 1 heterocycles. The number of Topliss-reactive ketones (excluding diaryl/α,β-unsaturated/α-hetero) is 1. The molecule has 18 heavy (non-hydrogen) atoms. The van der Waals surface area contributed by atoms with Crippen molar-refractivity contribution in [3.8, 4) is 0 Å². The Labute approximate surface area is 109 Å². The maximum Gasteiger partial charge on any atom is 0.219 e. The summed E-state index contributed by atoms with van der Waals surface area (Å²) < 4.78 is 0. The number of piperidine rings is 1. The van der Waals surface area contributed by atoms with Crippen LogP contribution < -0.4 is 5.32 Å². The van der Waals surface area contributed by atoms with Crippen molar-refractivity contribution in [2.24, 2.45) is 0 Å². The van der Waals surface area contributed by atoms with Crippen molar-refractivity contribution in [2.75, 3.05) is 13.1 Å². The van der Waals surface area contributed by atoms with Gasteiger partial charge in [0.2, 0.25) is 11.8 Å². The molecule has 0 atom stereocenters. The number of rotatable bonds is 2. The number of hydrogen-bond acceptors (Lipinski definition) is 3. The van der Waals surface area contributed by atoms with Crippen LogP contribution in [0.1, 0.15) is 47.5 Å². The monoisotopic (exact) mass is 256 g/mol. The van der Waals surface area contributed by atoms with E-state index < -0.39 is 5.54 Å². The Kier molecular flexibility index (Phi) is 6.58. The number of nitrogens with zero attached hydrogens (tertiary/aromatic N) is 1. The number of ketones is 1. The molecule has 1 fully saturated rings. The van der Waals surface area contributed by atoms with Gasteiger partial charge in [0, 0.05) is 26.9 Å². The summed E-state index contributed by atoms with van der Waals surface area (Å²) >= 11 is 0. The molecule has 0 unspecified atom stereocenters. The van der Waals surface area contributed by atoms with E-state index in [0.29, 0.717) is 25.9 Å². The predicted molar refractivity (Wildman–Crippen MR) is 70.1 cm³/mol. The van der Waals surface area contributed by atoms with Gasteiger partial charge in [0.05, 0.1) is 0 Å². The van der Waals surface area contributed by atoms with Gasteiger partial charge in [0.1, 0.15) is 5.54 Å². The predicted octanol–water partition coefficient (Wildman–Crippen LogP) is 1.12. The number of nitrogens with one attached hydrogen (secondary N) is 1. The van der Waals surface area contributed by atoms with E-state index >= 15 is 0 Å². The lowest BCUT2D eigenvalue weighted by Crippen LogP contribution is -2.59. The van der Waals surface area contributed by atoms with Crippen molar-refractivity contribution in [2.45, 2.75) is 53.0 Å². The van der Waals surface area contributed by atoms with Crippen LogP contribution in [-0.2, 0) is 14.4 Å². The molecule has 5 heteroatoms. The van der Waals surface area contributed by atoms with E-state index in [4.69, 9.17) is 0 Å². The average molecular weight is 256 g/mol. The van der Waals surface area contributed by atoms with Gasteiger partial charge in [-0.15, -0.1) is 0 Å². The molecule has 1 rings (SSSR count). The summed E-state index contributed by atoms with van der Waals surface area (Å²) in [6, 6.07) is 0. The second-order valence-electron chi connectivity index (χ2n) is 4.33. The van der Waals surface area contributed by atoms with Crippen LogP contribution in [0.5, 0.6) is 0 Å². The molecule has 0 radical (unpaired) electrons. The van der Waals surface area contributed by atoms with Gasteiger partial charge < -0.3 is 10.2 Å². The maximum atomic E-state index is 11.6. The lowest BCUT2D eigenvalue weighted by Gasteiger charge is -2.40. The van der Waals surface area contributed by atoms with Gasteiger partial charge in [0.15, 0.2) is 5.78 Å². The first-order valence-corrected chi connectivity index (χ1v) is 6.43. The molecule has 0 aromatic rings. The van der Waals surface area contributed by atoms with E-state index in [1.54, 1.807) is 4.90 Å². The van der Waals surface area contributed by atoms with E-state index in [1.165, 1.54) is 20.8 Å². The molecular weight excluding hydrogens is 232 g/mol. The van der Waals surface area contributed by atoms with Gasteiger partial charge in [0.25, 0.3) is 0 Å². The molecule has 1 aliphatic heterocycles. The first kappa shape index (κ1) is 16.6. The number of carbonyl (C=O) groups is 3. The van der Waals surface area contributed by atoms with Gasteiger partial charge in [-0.3, -0.25) is 14.4 Å². The summed E-state index contributed by atoms with van der Waals surface area (Å²) in [6.45, 7) is 9.45. The Morgan fingerprint density at radius 2 is 1.44 bits per heavy atom. The maximum absolute atomic E-state index is 11.6. The zero-order chi connectivity index (χ0) is 14.3. The molecule has 1 N–H and O–H groups in total. The smallest absolute Gasteiger partial charge is 0.219 e. The lowest BCUT2D eigenvalue weighted by atomic mass is 9.84. The van der Waals surface area contributed by atoms with Crippen LogP contribution in [-0.4, -0.2) is 41.1 Å². The highest BCUT2D eigenvalue weighted by atomic mass is 16.2. The molecule has 0 saturated carbocycles. The zero-order valence-electron chi connectivity index (χ0n) is 12.0. The Hall–Kier alpha value is -1.39. The van der Waals surface area contributed by atoms with Gasteiger partial charge in [-0.05, 0) is 19.8 Å². The van der Waals surface area contributed by atoms with Gasteiger partial charge >= 0.3 is 0 Å². The van der Waals surface area contributed by atoms with E-state index in [0.717, 1.165) is 0 Å². The summed E-state index contributed by atoms with van der Waals surface area (Å²) in [4.78, 5) is 35.6. The average Bonchev–Trinajstić information content (AvgIpc) is 2.31. The van der Waals surface area contributed by atoms with Crippen molar-refractivity contribution in [1.29, 1.82) is 0 Å². The van der Waals surface area contributed by atoms with Crippen molar-refractivity contribution >= 4 is 17.6 Å². The fourth-order valence-electron chi connectivity index (χ4n) is 2.11. The third-order valence-corrected chi connectivity index (χ3v) is 3.15. The fraction of sp³-hybridized carbons (Fsp3) is 0.769. The SMILES string of the molecule is CC.CC(=O)NC1(C(C)=O)CCN(C(C)=O)CC1. The molecule has 0 bridgehead atoms. The van der Waals surface area contributed by atoms with Crippen molar-refractivity contribution in [1.82, 2.24) is 10.2 Å². The molecule has 104 valence electrons. The molecule has 0 aromatic carbocycles. The van der Waals surface area contributed by atoms with Crippen LogP contribution in [0.3, 0.4) is 0 Å². The molecule has 2 amide bonds. The first-order chi connectivity index (χ1) is 8.37. The van der Waals surface area contributed by atoms with Crippen LogP contribution in [0.25, 0.3) is 0 Å². The van der Waals surface area contributed by atoms with Crippen LogP contribution in [0.2, 0.25) is 0 Å². The van der Waals surface area contributed by atoms with Gasteiger partial charge in [-0.25, -0.2) is 0 Å². The van der Waals surface area contributed by atoms with Crippen molar-refractivity contribution in [3.05, 3.63) is 0 Å². The standard InChI is InChI=1S/C11H18N2O3.C2H6/c1-8(14)11(12-9(2)15)4-6-13(7-5-11)10(3)16;1-2/h4-7H2,1-3H3,(H,12,15);1-2H3. The highest BCUT2D eigenvalue weighted by Crippen LogP contribution is 2.23. The van der Waals surface area contributed by atoms with E-state index in [2.05, 4.69) is 5.32 Å². The van der Waals surface area contributed by atoms with Gasteiger partial charge in [-0.1, -0.05) is 13.8 Å². The van der Waals surface area contributed by atoms with Crippen LogP contribution in [0.15, 0.2) is 0 Å². The van der Waals surface area contributed by atoms with Crippen molar-refractivity contribution < 1.29 is 14.4 Å². The summed E-state index contributed by atoms with van der Waals surface area (Å²) in [6.07, 6.45) is 1.00. The molecule has 0 spiro atoms. The third kappa shape index (κ3) is 4.13. The minimum Gasteiger partial charge on any atom is -0.344 e. The Bertz CT molecular complexity index is 318. The number of amides is 2. The minimum atomic E-state index is -0.766. The molecule has 1 saturated heterocycles. The third-order valence-electron chi connectivity index (χ3n) is 3.15. The number of carbonyl (C=O) groups excluding carboxylic acids is 3. The summed E-state index contributed by atoms with van der Waals surface area (Å²) in [5.74, 6) is -0.225. The minimum absolute atomic E-state index is 0.0139. The highest BCUT2D eigenvalue weighted by Gasteiger charge is 2.39. The molecular formula is C13H24N2O3. The largest absolute Gasteiger partial charge is 0.344 e. The number of hydrogen-bond donors (Lipinski definition) is 1.